The molecule has 14 heteroatoms. The number of anilines is 1. The summed E-state index contributed by atoms with van der Waals surface area (Å²) in [6.45, 7) is 5.37. The number of fused-ring (bicyclic) bond motifs is 1. The number of hydrogen-bond acceptors (Lipinski definition) is 10. The van der Waals surface area contributed by atoms with Crippen LogP contribution < -0.4 is 10.6 Å². The molecule has 3 aromatic rings. The minimum atomic E-state index is -0.560. The average Bonchev–Trinajstić information content (AvgIpc) is 3.57. The third kappa shape index (κ3) is 6.11. The summed E-state index contributed by atoms with van der Waals surface area (Å²) in [6, 6.07) is 4.28. The van der Waals surface area contributed by atoms with Gasteiger partial charge in [-0.05, 0) is 51.7 Å². The molecule has 0 radical (unpaired) electrons. The average molecular weight is 573 g/mol. The number of esters is 1. The second kappa shape index (κ2) is 11.9. The summed E-state index contributed by atoms with van der Waals surface area (Å²) in [4.78, 5) is 49.9. The molecule has 2 N–H and O–H groups in total. The SMILES string of the molecule is CCOC(=O)c1c(NC(=O)[C@H](C)Sc2nnc(CNC(=O)c3ccc(C)c([N+](=O)[O-])c3)n2C)sc2c1CCC2. The van der Waals surface area contributed by atoms with Crippen molar-refractivity contribution in [3.8, 4) is 0 Å². The van der Waals surface area contributed by atoms with Crippen molar-refractivity contribution in [3.63, 3.8) is 0 Å². The first kappa shape index (κ1) is 28.2. The molecule has 1 aromatic carbocycles. The summed E-state index contributed by atoms with van der Waals surface area (Å²) in [5.41, 5.74) is 1.92. The number of thioether (sulfide) groups is 1. The van der Waals surface area contributed by atoms with Crippen molar-refractivity contribution in [2.45, 2.75) is 57.0 Å². The van der Waals surface area contributed by atoms with Gasteiger partial charge >= 0.3 is 5.97 Å². The second-order valence-electron chi connectivity index (χ2n) is 8.93. The maximum absolute atomic E-state index is 13.0. The summed E-state index contributed by atoms with van der Waals surface area (Å²) in [5, 5.41) is 25.4. The van der Waals surface area contributed by atoms with E-state index < -0.39 is 22.0 Å². The number of aromatic nitrogens is 3. The molecule has 1 atom stereocenters. The molecular weight excluding hydrogens is 544 g/mol. The fourth-order valence-corrected chi connectivity index (χ4v) is 6.26. The first-order chi connectivity index (χ1) is 18.6. The number of thiophene rings is 1. The maximum atomic E-state index is 13.0. The lowest BCUT2D eigenvalue weighted by Crippen LogP contribution is -2.25. The minimum Gasteiger partial charge on any atom is -0.462 e. The molecule has 12 nitrogen and oxygen atoms in total. The molecule has 0 fully saturated rings. The topological polar surface area (TPSA) is 158 Å². The predicted octanol–water partition coefficient (Wildman–Crippen LogP) is 3.81. The third-order valence-corrected chi connectivity index (χ3v) is 8.63. The first-order valence-corrected chi connectivity index (χ1v) is 14.0. The van der Waals surface area contributed by atoms with Crippen LogP contribution in [0.1, 0.15) is 62.8 Å². The van der Waals surface area contributed by atoms with Crippen molar-refractivity contribution in [2.75, 3.05) is 11.9 Å². The lowest BCUT2D eigenvalue weighted by Gasteiger charge is -2.12. The Kier molecular flexibility index (Phi) is 8.65. The minimum absolute atomic E-state index is 0.0365. The van der Waals surface area contributed by atoms with Crippen LogP contribution in [-0.2, 0) is 36.0 Å². The number of aryl methyl sites for hydroxylation is 2. The first-order valence-electron chi connectivity index (χ1n) is 12.3. The number of nitrogens with one attached hydrogen (secondary N) is 2. The maximum Gasteiger partial charge on any atom is 0.341 e. The summed E-state index contributed by atoms with van der Waals surface area (Å²) in [5.74, 6) is -0.750. The summed E-state index contributed by atoms with van der Waals surface area (Å²) >= 11 is 2.61. The van der Waals surface area contributed by atoms with E-state index in [9.17, 15) is 24.5 Å². The monoisotopic (exact) mass is 572 g/mol. The molecule has 0 bridgehead atoms. The van der Waals surface area contributed by atoms with E-state index in [0.717, 1.165) is 29.7 Å². The number of hydrogen-bond donors (Lipinski definition) is 2. The molecule has 39 heavy (non-hydrogen) atoms. The van der Waals surface area contributed by atoms with Gasteiger partial charge in [-0.25, -0.2) is 4.79 Å². The molecule has 0 spiro atoms. The van der Waals surface area contributed by atoms with Gasteiger partial charge in [-0.1, -0.05) is 17.8 Å². The smallest absolute Gasteiger partial charge is 0.341 e. The number of amides is 2. The van der Waals surface area contributed by atoms with Gasteiger partial charge in [0.1, 0.15) is 5.00 Å². The lowest BCUT2D eigenvalue weighted by molar-refractivity contribution is -0.385. The normalized spacial score (nSPS) is 13.0. The van der Waals surface area contributed by atoms with Gasteiger partial charge in [0.25, 0.3) is 11.6 Å². The van der Waals surface area contributed by atoms with Crippen LogP contribution in [0.3, 0.4) is 0 Å². The largest absolute Gasteiger partial charge is 0.462 e. The molecule has 0 unspecified atom stereocenters. The van der Waals surface area contributed by atoms with Crippen molar-refractivity contribution in [3.05, 3.63) is 61.3 Å². The Morgan fingerprint density at radius 2 is 2.05 bits per heavy atom. The number of nitro benzene ring substituents is 1. The molecule has 0 saturated carbocycles. The van der Waals surface area contributed by atoms with Gasteiger partial charge in [0, 0.05) is 29.1 Å². The van der Waals surface area contributed by atoms with E-state index in [2.05, 4.69) is 20.8 Å². The molecule has 2 aromatic heterocycles. The van der Waals surface area contributed by atoms with Gasteiger partial charge in [-0.15, -0.1) is 21.5 Å². The summed E-state index contributed by atoms with van der Waals surface area (Å²) in [6.07, 6.45) is 2.65. The quantitative estimate of drug-likeness (QED) is 0.159. The third-order valence-electron chi connectivity index (χ3n) is 6.29. The van der Waals surface area contributed by atoms with Crippen LogP contribution in [0.5, 0.6) is 0 Å². The van der Waals surface area contributed by atoms with Crippen LogP contribution in [0.2, 0.25) is 0 Å². The molecular formula is C25H28N6O6S2. The zero-order valence-electron chi connectivity index (χ0n) is 21.9. The van der Waals surface area contributed by atoms with Gasteiger partial charge in [-0.2, -0.15) is 0 Å². The fraction of sp³-hybridized carbons (Fsp3) is 0.400. The lowest BCUT2D eigenvalue weighted by atomic mass is 10.1. The van der Waals surface area contributed by atoms with Gasteiger partial charge in [0.2, 0.25) is 5.91 Å². The Labute approximate surface area is 232 Å². The number of rotatable bonds is 10. The molecule has 1 aliphatic rings. The highest BCUT2D eigenvalue weighted by molar-refractivity contribution is 8.00. The second-order valence-corrected chi connectivity index (χ2v) is 11.3. The van der Waals surface area contributed by atoms with Gasteiger partial charge in [0.05, 0.1) is 28.9 Å². The van der Waals surface area contributed by atoms with Crippen LogP contribution >= 0.6 is 23.1 Å². The van der Waals surface area contributed by atoms with Crippen LogP contribution in [0.4, 0.5) is 10.7 Å². The van der Waals surface area contributed by atoms with E-state index >= 15 is 0 Å². The Morgan fingerprint density at radius 1 is 1.28 bits per heavy atom. The van der Waals surface area contributed by atoms with Crippen molar-refractivity contribution >= 4 is 51.6 Å². The molecule has 1 aliphatic carbocycles. The highest BCUT2D eigenvalue weighted by atomic mass is 32.2. The number of carbonyl (C=O) groups excluding carboxylic acids is 3. The Balaban J connectivity index is 1.39. The fourth-order valence-electron chi connectivity index (χ4n) is 4.15. The number of nitro groups is 1. The van der Waals surface area contributed by atoms with Crippen LogP contribution in [-0.4, -0.2) is 49.3 Å². The molecule has 0 saturated heterocycles. The van der Waals surface area contributed by atoms with E-state index in [1.165, 1.54) is 41.3 Å². The molecule has 206 valence electrons. The predicted molar refractivity (Wildman–Crippen MR) is 146 cm³/mol. The molecule has 2 amide bonds. The van der Waals surface area contributed by atoms with Crippen LogP contribution in [0, 0.1) is 17.0 Å². The highest BCUT2D eigenvalue weighted by Gasteiger charge is 2.29. The van der Waals surface area contributed by atoms with Crippen molar-refractivity contribution in [1.29, 1.82) is 0 Å². The number of ether oxygens (including phenoxy) is 1. The van der Waals surface area contributed by atoms with E-state index in [0.29, 0.717) is 27.1 Å². The van der Waals surface area contributed by atoms with Crippen molar-refractivity contribution < 1.29 is 24.0 Å². The summed E-state index contributed by atoms with van der Waals surface area (Å²) < 4.78 is 6.89. The number of carbonyl (C=O) groups is 3. The Hall–Kier alpha value is -3.78. The molecule has 2 heterocycles. The van der Waals surface area contributed by atoms with E-state index in [1.54, 1.807) is 32.4 Å². The van der Waals surface area contributed by atoms with Crippen LogP contribution in [0.25, 0.3) is 0 Å². The zero-order valence-corrected chi connectivity index (χ0v) is 23.5. The molecule has 4 rings (SSSR count). The van der Waals surface area contributed by atoms with E-state index in [-0.39, 0.29) is 30.3 Å². The molecule has 0 aliphatic heterocycles. The Morgan fingerprint density at radius 3 is 2.77 bits per heavy atom. The summed E-state index contributed by atoms with van der Waals surface area (Å²) in [7, 11) is 1.72. The highest BCUT2D eigenvalue weighted by Crippen LogP contribution is 2.40. The van der Waals surface area contributed by atoms with Gasteiger partial charge in [-0.3, -0.25) is 19.7 Å². The van der Waals surface area contributed by atoms with Crippen molar-refractivity contribution in [2.24, 2.45) is 7.05 Å². The zero-order chi connectivity index (χ0) is 28.3. The van der Waals surface area contributed by atoms with E-state index in [4.69, 9.17) is 4.74 Å². The van der Waals surface area contributed by atoms with E-state index in [1.807, 2.05) is 0 Å². The van der Waals surface area contributed by atoms with Crippen LogP contribution in [0.15, 0.2) is 23.4 Å². The number of nitrogens with zero attached hydrogens (tertiary/aromatic N) is 4. The standard InChI is InChI=1S/C25H28N6O6S2/c1-5-37-24(34)20-16-7-6-8-18(16)39-23(20)27-21(32)14(3)38-25-29-28-19(30(25)4)12-26-22(33)15-10-9-13(2)17(11-15)31(35)36/h9-11,14H,5-8,12H2,1-4H3,(H,26,33)(H,27,32)/t14-/m0/s1. The van der Waals surface area contributed by atoms with Gasteiger partial charge < -0.3 is 19.9 Å². The number of benzene rings is 1. The van der Waals surface area contributed by atoms with Gasteiger partial charge in [0.15, 0.2) is 11.0 Å². The van der Waals surface area contributed by atoms with Crippen molar-refractivity contribution in [1.82, 2.24) is 20.1 Å². The Bertz CT molecular complexity index is 1450.